The fourth-order valence-corrected chi connectivity index (χ4v) is 2.58. The summed E-state index contributed by atoms with van der Waals surface area (Å²) in [6.07, 6.45) is 0. The summed E-state index contributed by atoms with van der Waals surface area (Å²) in [6, 6.07) is 7.34. The maximum absolute atomic E-state index is 10.9. The number of carboxylic acids is 1. The first kappa shape index (κ1) is 12.0. The molecule has 0 radical (unpaired) electrons. The van der Waals surface area contributed by atoms with Gasteiger partial charge in [0.15, 0.2) is 0 Å². The summed E-state index contributed by atoms with van der Waals surface area (Å²) in [5, 5.41) is 9.95. The Bertz CT molecular complexity index is 560. The van der Waals surface area contributed by atoms with Crippen LogP contribution in [0.4, 0.5) is 0 Å². The van der Waals surface area contributed by atoms with Gasteiger partial charge in [-0.25, -0.2) is 4.79 Å². The van der Waals surface area contributed by atoms with E-state index in [1.807, 2.05) is 24.9 Å². The number of hydrogen-bond donors (Lipinski definition) is 1. The van der Waals surface area contributed by atoms with Crippen molar-refractivity contribution in [1.29, 1.82) is 0 Å². The van der Waals surface area contributed by atoms with Crippen LogP contribution in [-0.2, 0) is 12.8 Å². The van der Waals surface area contributed by atoms with E-state index < -0.39 is 5.97 Å². The summed E-state index contributed by atoms with van der Waals surface area (Å²) in [5.74, 6) is 1.17. The lowest BCUT2D eigenvalue weighted by Gasteiger charge is -2.02. The number of aromatic carboxylic acids is 1. The molecule has 0 aliphatic carbocycles. The molecule has 3 nitrogen and oxygen atoms in total. The molecule has 0 unspecified atom stereocenters. The molecule has 1 aromatic carbocycles. The van der Waals surface area contributed by atoms with Gasteiger partial charge in [0.2, 0.25) is 0 Å². The van der Waals surface area contributed by atoms with E-state index in [2.05, 4.69) is 17.6 Å². The number of benzene rings is 1. The zero-order chi connectivity index (χ0) is 12.4. The topological polar surface area (TPSA) is 42.2 Å². The molecular formula is C13H15NO2S. The molecule has 17 heavy (non-hydrogen) atoms. The fraction of sp³-hybridized carbons (Fsp3) is 0.308. The molecule has 0 fully saturated rings. The van der Waals surface area contributed by atoms with Crippen molar-refractivity contribution < 1.29 is 9.90 Å². The van der Waals surface area contributed by atoms with Gasteiger partial charge in [0.25, 0.3) is 0 Å². The Morgan fingerprint density at radius 1 is 1.41 bits per heavy atom. The largest absolute Gasteiger partial charge is 0.478 e. The Hall–Kier alpha value is -1.42. The number of carbonyl (C=O) groups is 1. The van der Waals surface area contributed by atoms with E-state index in [-0.39, 0.29) is 0 Å². The van der Waals surface area contributed by atoms with E-state index in [0.29, 0.717) is 5.56 Å². The highest BCUT2D eigenvalue weighted by molar-refractivity contribution is 7.98. The molecule has 1 heterocycles. The highest BCUT2D eigenvalue weighted by atomic mass is 32.2. The number of hydrogen-bond acceptors (Lipinski definition) is 2. The standard InChI is InChI=1S/C13H15NO2S/c1-3-17-8-11-7-10-6-9(13(15)16)4-5-12(10)14(11)2/h4-7H,3,8H2,1-2H3,(H,15,16). The number of thioether (sulfide) groups is 1. The number of carboxylic acid groups (broad SMARTS) is 1. The second-order valence-corrected chi connectivity index (χ2v) is 5.18. The zero-order valence-corrected chi connectivity index (χ0v) is 10.8. The number of aromatic nitrogens is 1. The molecular weight excluding hydrogens is 234 g/mol. The van der Waals surface area contributed by atoms with Crippen LogP contribution in [0.1, 0.15) is 23.0 Å². The van der Waals surface area contributed by atoms with Crippen molar-refractivity contribution >= 4 is 28.6 Å². The molecule has 2 aromatic rings. The van der Waals surface area contributed by atoms with E-state index >= 15 is 0 Å². The second-order valence-electron chi connectivity index (χ2n) is 3.91. The molecule has 0 aliphatic heterocycles. The predicted molar refractivity (Wildman–Crippen MR) is 71.7 cm³/mol. The molecule has 0 bridgehead atoms. The van der Waals surface area contributed by atoms with Gasteiger partial charge in [-0.15, -0.1) is 0 Å². The minimum Gasteiger partial charge on any atom is -0.478 e. The summed E-state index contributed by atoms with van der Waals surface area (Å²) in [5.41, 5.74) is 2.66. The summed E-state index contributed by atoms with van der Waals surface area (Å²) in [6.45, 7) is 2.13. The third-order valence-corrected chi connectivity index (χ3v) is 3.75. The minimum absolute atomic E-state index is 0.345. The first-order valence-corrected chi connectivity index (χ1v) is 6.68. The van der Waals surface area contributed by atoms with Gasteiger partial charge < -0.3 is 9.67 Å². The molecule has 0 aliphatic rings. The van der Waals surface area contributed by atoms with E-state index in [9.17, 15) is 4.79 Å². The molecule has 90 valence electrons. The predicted octanol–water partition coefficient (Wildman–Crippen LogP) is 3.13. The van der Waals surface area contributed by atoms with Crippen LogP contribution in [0.15, 0.2) is 24.3 Å². The highest BCUT2D eigenvalue weighted by Crippen LogP contribution is 2.23. The van der Waals surface area contributed by atoms with Crippen LogP contribution in [0.5, 0.6) is 0 Å². The summed E-state index contributed by atoms with van der Waals surface area (Å²) < 4.78 is 2.13. The highest BCUT2D eigenvalue weighted by Gasteiger charge is 2.08. The quantitative estimate of drug-likeness (QED) is 0.905. The maximum Gasteiger partial charge on any atom is 0.335 e. The normalized spacial score (nSPS) is 10.9. The second kappa shape index (κ2) is 4.84. The monoisotopic (exact) mass is 249 g/mol. The third-order valence-electron chi connectivity index (χ3n) is 2.84. The smallest absolute Gasteiger partial charge is 0.335 e. The van der Waals surface area contributed by atoms with E-state index in [0.717, 1.165) is 22.4 Å². The van der Waals surface area contributed by atoms with Crippen LogP contribution >= 0.6 is 11.8 Å². The lowest BCUT2D eigenvalue weighted by atomic mass is 10.1. The van der Waals surface area contributed by atoms with Crippen molar-refractivity contribution in [3.05, 3.63) is 35.5 Å². The number of rotatable bonds is 4. The van der Waals surface area contributed by atoms with Crippen LogP contribution in [0.2, 0.25) is 0 Å². The first-order chi connectivity index (χ1) is 8.13. The Morgan fingerprint density at radius 3 is 2.82 bits per heavy atom. The van der Waals surface area contributed by atoms with Gasteiger partial charge in [-0.1, -0.05) is 6.92 Å². The number of fused-ring (bicyclic) bond motifs is 1. The van der Waals surface area contributed by atoms with Crippen LogP contribution in [0.25, 0.3) is 10.9 Å². The van der Waals surface area contributed by atoms with Crippen molar-refractivity contribution in [2.24, 2.45) is 7.05 Å². The van der Waals surface area contributed by atoms with E-state index in [4.69, 9.17) is 5.11 Å². The Morgan fingerprint density at radius 2 is 2.18 bits per heavy atom. The molecule has 1 N–H and O–H groups in total. The van der Waals surface area contributed by atoms with Gasteiger partial charge in [-0.2, -0.15) is 11.8 Å². The summed E-state index contributed by atoms with van der Waals surface area (Å²) >= 11 is 1.86. The van der Waals surface area contributed by atoms with Crippen LogP contribution < -0.4 is 0 Å². The van der Waals surface area contributed by atoms with Crippen LogP contribution in [-0.4, -0.2) is 21.4 Å². The molecule has 2 rings (SSSR count). The number of nitrogens with zero attached hydrogens (tertiary/aromatic N) is 1. The van der Waals surface area contributed by atoms with Gasteiger partial charge in [-0.3, -0.25) is 0 Å². The van der Waals surface area contributed by atoms with Gasteiger partial charge in [0.1, 0.15) is 0 Å². The molecule has 0 saturated heterocycles. The van der Waals surface area contributed by atoms with E-state index in [1.54, 1.807) is 12.1 Å². The summed E-state index contributed by atoms with van der Waals surface area (Å²) in [7, 11) is 2.02. The van der Waals surface area contributed by atoms with E-state index in [1.165, 1.54) is 5.69 Å². The van der Waals surface area contributed by atoms with Crippen molar-refractivity contribution in [3.63, 3.8) is 0 Å². The minimum atomic E-state index is -0.875. The van der Waals surface area contributed by atoms with Crippen molar-refractivity contribution in [1.82, 2.24) is 4.57 Å². The Kier molecular flexibility index (Phi) is 3.43. The van der Waals surface area contributed by atoms with Crippen molar-refractivity contribution in [2.45, 2.75) is 12.7 Å². The number of aryl methyl sites for hydroxylation is 1. The van der Waals surface area contributed by atoms with Gasteiger partial charge >= 0.3 is 5.97 Å². The molecule has 1 aromatic heterocycles. The Balaban J connectivity index is 2.45. The lowest BCUT2D eigenvalue weighted by molar-refractivity contribution is 0.0697. The third kappa shape index (κ3) is 2.31. The zero-order valence-electron chi connectivity index (χ0n) is 9.93. The van der Waals surface area contributed by atoms with Gasteiger partial charge in [0, 0.05) is 29.4 Å². The molecule has 0 spiro atoms. The lowest BCUT2D eigenvalue weighted by Crippen LogP contribution is -1.96. The van der Waals surface area contributed by atoms with Crippen LogP contribution in [0, 0.1) is 0 Å². The SMILES string of the molecule is CCSCc1cc2cc(C(=O)O)ccc2n1C. The average molecular weight is 249 g/mol. The fourth-order valence-electron chi connectivity index (χ4n) is 1.88. The molecule has 4 heteroatoms. The average Bonchev–Trinajstić information content (AvgIpc) is 2.63. The first-order valence-electron chi connectivity index (χ1n) is 5.53. The van der Waals surface area contributed by atoms with Crippen molar-refractivity contribution in [3.8, 4) is 0 Å². The van der Waals surface area contributed by atoms with Crippen molar-refractivity contribution in [2.75, 3.05) is 5.75 Å². The molecule has 0 saturated carbocycles. The van der Waals surface area contributed by atoms with Gasteiger partial charge in [-0.05, 0) is 30.0 Å². The maximum atomic E-state index is 10.9. The molecule has 0 amide bonds. The van der Waals surface area contributed by atoms with Crippen LogP contribution in [0.3, 0.4) is 0 Å². The Labute approximate surface area is 104 Å². The summed E-state index contributed by atoms with van der Waals surface area (Å²) in [4.78, 5) is 10.9. The molecule has 0 atom stereocenters. The van der Waals surface area contributed by atoms with Gasteiger partial charge in [0.05, 0.1) is 5.56 Å².